The predicted octanol–water partition coefficient (Wildman–Crippen LogP) is 1.85. The van der Waals surface area contributed by atoms with Gasteiger partial charge in [0, 0.05) is 31.7 Å². The number of amides is 1. The van der Waals surface area contributed by atoms with Crippen LogP contribution in [0.2, 0.25) is 0 Å². The van der Waals surface area contributed by atoms with Gasteiger partial charge in [0.1, 0.15) is 0 Å². The van der Waals surface area contributed by atoms with Gasteiger partial charge in [-0.15, -0.1) is 0 Å². The minimum Gasteiger partial charge on any atom is -0.454 e. The number of anilines is 3. The van der Waals surface area contributed by atoms with E-state index in [1.165, 1.54) is 0 Å². The molecule has 2 heterocycles. The molecule has 0 atom stereocenters. The lowest BCUT2D eigenvalue weighted by Gasteiger charge is -2.12. The van der Waals surface area contributed by atoms with E-state index < -0.39 is 0 Å². The smallest absolute Gasteiger partial charge is 0.251 e. The maximum absolute atomic E-state index is 12.0. The SMILES string of the molecule is NCCCNc1nc(NCCOCCOCCNC(=O)c2ccccc2)nc(NCc2ccc3c(c2)OCO3)n1. The van der Waals surface area contributed by atoms with Crippen molar-refractivity contribution in [3.8, 4) is 11.5 Å². The highest BCUT2D eigenvalue weighted by molar-refractivity contribution is 5.94. The quantitative estimate of drug-likeness (QED) is 0.146. The predicted molar refractivity (Wildman–Crippen MR) is 151 cm³/mol. The largest absolute Gasteiger partial charge is 0.454 e. The van der Waals surface area contributed by atoms with E-state index in [0.29, 0.717) is 82.6 Å². The number of nitrogens with two attached hydrogens (primary N) is 1. The number of rotatable bonds is 18. The van der Waals surface area contributed by atoms with Crippen LogP contribution in [0.5, 0.6) is 11.5 Å². The lowest BCUT2D eigenvalue weighted by Crippen LogP contribution is -2.27. The maximum Gasteiger partial charge on any atom is 0.251 e. The van der Waals surface area contributed by atoms with Gasteiger partial charge in [0.2, 0.25) is 24.6 Å². The molecule has 1 aromatic heterocycles. The van der Waals surface area contributed by atoms with Crippen molar-refractivity contribution in [3.63, 3.8) is 0 Å². The summed E-state index contributed by atoms with van der Waals surface area (Å²) in [5, 5.41) is 12.4. The first-order valence-corrected chi connectivity index (χ1v) is 13.3. The molecule has 40 heavy (non-hydrogen) atoms. The summed E-state index contributed by atoms with van der Waals surface area (Å²) in [4.78, 5) is 25.3. The molecule has 0 spiro atoms. The summed E-state index contributed by atoms with van der Waals surface area (Å²) in [6.07, 6.45) is 0.795. The van der Waals surface area contributed by atoms with Crippen LogP contribution in [0.15, 0.2) is 48.5 Å². The number of benzene rings is 2. The van der Waals surface area contributed by atoms with Crippen LogP contribution < -0.4 is 36.5 Å². The van der Waals surface area contributed by atoms with Gasteiger partial charge in [-0.3, -0.25) is 4.79 Å². The number of carbonyl (C=O) groups excluding carboxylic acids is 1. The molecule has 0 saturated carbocycles. The molecule has 13 heteroatoms. The van der Waals surface area contributed by atoms with E-state index in [4.69, 9.17) is 24.7 Å². The van der Waals surface area contributed by atoms with Crippen molar-refractivity contribution in [1.29, 1.82) is 0 Å². The average Bonchev–Trinajstić information content (AvgIpc) is 3.45. The van der Waals surface area contributed by atoms with E-state index in [1.54, 1.807) is 12.1 Å². The Morgan fingerprint density at radius 3 is 2.23 bits per heavy atom. The maximum atomic E-state index is 12.0. The number of nitrogens with zero attached hydrogens (tertiary/aromatic N) is 3. The number of carbonyl (C=O) groups is 1. The number of fused-ring (bicyclic) bond motifs is 1. The Kier molecular flexibility index (Phi) is 11.5. The van der Waals surface area contributed by atoms with Gasteiger partial charge >= 0.3 is 0 Å². The molecule has 0 unspecified atom stereocenters. The van der Waals surface area contributed by atoms with Gasteiger partial charge in [-0.1, -0.05) is 24.3 Å². The lowest BCUT2D eigenvalue weighted by molar-refractivity contribution is 0.0519. The zero-order valence-electron chi connectivity index (χ0n) is 22.4. The van der Waals surface area contributed by atoms with E-state index in [-0.39, 0.29) is 12.7 Å². The fraction of sp³-hybridized carbons (Fsp3) is 0.407. The Morgan fingerprint density at radius 2 is 1.48 bits per heavy atom. The summed E-state index contributed by atoms with van der Waals surface area (Å²) in [5.74, 6) is 2.65. The highest BCUT2D eigenvalue weighted by Gasteiger charge is 2.13. The van der Waals surface area contributed by atoms with Crippen LogP contribution in [0.4, 0.5) is 17.8 Å². The molecular weight excluding hydrogens is 516 g/mol. The van der Waals surface area contributed by atoms with Crippen molar-refractivity contribution in [1.82, 2.24) is 20.3 Å². The number of hydrogen-bond donors (Lipinski definition) is 5. The molecule has 3 aromatic rings. The minimum atomic E-state index is -0.117. The number of aromatic nitrogens is 3. The van der Waals surface area contributed by atoms with Gasteiger partial charge in [-0.2, -0.15) is 15.0 Å². The second-order valence-electron chi connectivity index (χ2n) is 8.69. The molecule has 0 aliphatic carbocycles. The first-order valence-electron chi connectivity index (χ1n) is 13.3. The fourth-order valence-corrected chi connectivity index (χ4v) is 3.63. The third kappa shape index (κ3) is 9.52. The minimum absolute atomic E-state index is 0.117. The summed E-state index contributed by atoms with van der Waals surface area (Å²) in [6, 6.07) is 14.8. The molecule has 1 amide bonds. The highest BCUT2D eigenvalue weighted by atomic mass is 16.7. The van der Waals surface area contributed by atoms with Gasteiger partial charge in [0.25, 0.3) is 5.91 Å². The Balaban J connectivity index is 1.14. The number of hydrogen-bond acceptors (Lipinski definition) is 12. The van der Waals surface area contributed by atoms with Crippen molar-refractivity contribution < 1.29 is 23.7 Å². The summed E-state index contributed by atoms with van der Waals surface area (Å²) in [7, 11) is 0. The Hall–Kier alpha value is -4.20. The van der Waals surface area contributed by atoms with Gasteiger partial charge in [-0.05, 0) is 42.8 Å². The highest BCUT2D eigenvalue weighted by Crippen LogP contribution is 2.32. The topological polar surface area (TPSA) is 167 Å². The lowest BCUT2D eigenvalue weighted by atomic mass is 10.2. The Morgan fingerprint density at radius 1 is 0.800 bits per heavy atom. The second kappa shape index (κ2) is 16.0. The van der Waals surface area contributed by atoms with Crippen molar-refractivity contribution in [3.05, 3.63) is 59.7 Å². The third-order valence-electron chi connectivity index (χ3n) is 5.66. The van der Waals surface area contributed by atoms with Crippen molar-refractivity contribution in [2.24, 2.45) is 5.73 Å². The van der Waals surface area contributed by atoms with Gasteiger partial charge in [0.05, 0.1) is 26.4 Å². The van der Waals surface area contributed by atoms with Gasteiger partial charge in [0.15, 0.2) is 11.5 Å². The molecule has 0 bridgehead atoms. The molecule has 4 rings (SSSR count). The van der Waals surface area contributed by atoms with Crippen molar-refractivity contribution in [2.75, 3.05) is 75.3 Å². The summed E-state index contributed by atoms with van der Waals surface area (Å²) in [6.45, 7) is 4.60. The van der Waals surface area contributed by atoms with Crippen molar-refractivity contribution in [2.45, 2.75) is 13.0 Å². The normalized spacial score (nSPS) is 11.7. The zero-order valence-corrected chi connectivity index (χ0v) is 22.4. The number of nitrogens with one attached hydrogen (secondary N) is 4. The zero-order chi connectivity index (χ0) is 27.8. The van der Waals surface area contributed by atoms with E-state index in [2.05, 4.69) is 36.2 Å². The van der Waals surface area contributed by atoms with Crippen LogP contribution in [0.25, 0.3) is 0 Å². The summed E-state index contributed by atoms with van der Waals surface area (Å²) in [5.41, 5.74) is 7.23. The van der Waals surface area contributed by atoms with Gasteiger partial charge < -0.3 is 45.9 Å². The molecule has 13 nitrogen and oxygen atoms in total. The molecule has 1 aliphatic heterocycles. The average molecular weight is 553 g/mol. The first-order chi connectivity index (χ1) is 19.7. The molecular formula is C27H36N8O5. The van der Waals surface area contributed by atoms with Crippen LogP contribution in [-0.2, 0) is 16.0 Å². The fourth-order valence-electron chi connectivity index (χ4n) is 3.63. The van der Waals surface area contributed by atoms with Crippen LogP contribution in [0.3, 0.4) is 0 Å². The van der Waals surface area contributed by atoms with E-state index in [0.717, 1.165) is 23.5 Å². The van der Waals surface area contributed by atoms with E-state index in [1.807, 2.05) is 36.4 Å². The van der Waals surface area contributed by atoms with Crippen molar-refractivity contribution >= 4 is 23.8 Å². The summed E-state index contributed by atoms with van der Waals surface area (Å²) < 4.78 is 22.0. The molecule has 2 aromatic carbocycles. The molecule has 214 valence electrons. The monoisotopic (exact) mass is 552 g/mol. The Labute approximate surface area is 233 Å². The van der Waals surface area contributed by atoms with Crippen LogP contribution in [0, 0.1) is 0 Å². The molecule has 0 radical (unpaired) electrons. The van der Waals surface area contributed by atoms with Crippen LogP contribution >= 0.6 is 0 Å². The number of ether oxygens (including phenoxy) is 4. The standard InChI is InChI=1S/C27H36N8O5/c28-9-4-10-30-25-33-26(35-27(34-25)32-18-20-7-8-22-23(17-20)40-19-39-22)31-12-14-38-16-15-37-13-11-29-24(36)21-5-2-1-3-6-21/h1-3,5-8,17H,4,9-16,18-19,28H2,(H,29,36)(H3,30,31,32,33,34,35). The molecule has 0 fully saturated rings. The molecule has 6 N–H and O–H groups in total. The molecule has 0 saturated heterocycles. The Bertz CT molecular complexity index is 1200. The van der Waals surface area contributed by atoms with E-state index in [9.17, 15) is 4.79 Å². The molecule has 1 aliphatic rings. The van der Waals surface area contributed by atoms with Gasteiger partial charge in [-0.25, -0.2) is 0 Å². The van der Waals surface area contributed by atoms with Crippen LogP contribution in [-0.4, -0.2) is 80.3 Å². The third-order valence-corrected chi connectivity index (χ3v) is 5.66. The van der Waals surface area contributed by atoms with E-state index >= 15 is 0 Å². The summed E-state index contributed by atoms with van der Waals surface area (Å²) >= 11 is 0. The van der Waals surface area contributed by atoms with Crippen LogP contribution in [0.1, 0.15) is 22.3 Å². The second-order valence-corrected chi connectivity index (χ2v) is 8.69. The first kappa shape index (κ1) is 28.8.